The van der Waals surface area contributed by atoms with Crippen LogP contribution in [0.4, 0.5) is 4.79 Å². The van der Waals surface area contributed by atoms with E-state index < -0.39 is 12.1 Å². The number of hydrogen-bond donors (Lipinski definition) is 2. The normalized spacial score (nSPS) is 26.6. The molecule has 0 spiro atoms. The van der Waals surface area contributed by atoms with Gasteiger partial charge < -0.3 is 19.8 Å². The highest BCUT2D eigenvalue weighted by atomic mass is 16.7. The molecule has 2 unspecified atom stereocenters. The summed E-state index contributed by atoms with van der Waals surface area (Å²) in [5, 5.41) is 4.30. The number of nitrogens with zero attached hydrogens (tertiary/aromatic N) is 2. The molecule has 0 aromatic heterocycles. The summed E-state index contributed by atoms with van der Waals surface area (Å²) in [6, 6.07) is -1.28. The summed E-state index contributed by atoms with van der Waals surface area (Å²) in [7, 11) is 0. The van der Waals surface area contributed by atoms with Crippen LogP contribution in [0.25, 0.3) is 0 Å². The molecule has 3 saturated heterocycles. The molecule has 25 heavy (non-hydrogen) atoms. The van der Waals surface area contributed by atoms with Crippen molar-refractivity contribution in [2.45, 2.75) is 43.9 Å². The molecule has 3 aliphatic heterocycles. The molecule has 3 rings (SSSR count). The van der Waals surface area contributed by atoms with E-state index >= 15 is 0 Å². The summed E-state index contributed by atoms with van der Waals surface area (Å²) in [6.07, 6.45) is 3.28. The fourth-order valence-electron chi connectivity index (χ4n) is 3.50. The topological polar surface area (TPSA) is 109 Å². The summed E-state index contributed by atoms with van der Waals surface area (Å²) in [5.41, 5.74) is 2.39. The number of fused-ring (bicyclic) bond motifs is 2. The SMILES string of the molecule is O=CON1C(=O)N2CC1CCC2C(=O)NOCCOC1CCNCC1. The zero-order valence-corrected chi connectivity index (χ0v) is 14.0. The van der Waals surface area contributed by atoms with E-state index in [0.717, 1.165) is 31.0 Å². The standard InChI is InChI=1S/C15H24N4O6/c20-10-25-19-11-1-2-13(18(9-11)15(19)22)14(21)17-24-8-7-23-12-3-5-16-6-4-12/h10-13,16H,1-9H2,(H,17,21). The molecule has 0 radical (unpaired) electrons. The number of urea groups is 1. The summed E-state index contributed by atoms with van der Waals surface area (Å²) < 4.78 is 5.68. The highest BCUT2D eigenvalue weighted by Gasteiger charge is 2.48. The summed E-state index contributed by atoms with van der Waals surface area (Å²) >= 11 is 0. The number of amides is 3. The van der Waals surface area contributed by atoms with Gasteiger partial charge >= 0.3 is 12.5 Å². The van der Waals surface area contributed by atoms with Crippen LogP contribution in [0.3, 0.4) is 0 Å². The maximum absolute atomic E-state index is 12.3. The molecule has 0 aromatic rings. The van der Waals surface area contributed by atoms with Gasteiger partial charge in [0.25, 0.3) is 5.91 Å². The van der Waals surface area contributed by atoms with Gasteiger partial charge in [-0.1, -0.05) is 0 Å². The quantitative estimate of drug-likeness (QED) is 0.331. The van der Waals surface area contributed by atoms with E-state index in [-0.39, 0.29) is 31.1 Å². The average molecular weight is 356 g/mol. The molecule has 2 bridgehead atoms. The number of carbonyl (C=O) groups excluding carboxylic acids is 3. The van der Waals surface area contributed by atoms with Gasteiger partial charge in [-0.15, -0.1) is 5.06 Å². The molecule has 10 heteroatoms. The Morgan fingerprint density at radius 3 is 2.80 bits per heavy atom. The molecule has 3 fully saturated rings. The van der Waals surface area contributed by atoms with Crippen LogP contribution in [0, 0.1) is 0 Å². The Morgan fingerprint density at radius 1 is 1.24 bits per heavy atom. The van der Waals surface area contributed by atoms with Crippen molar-refractivity contribution in [2.75, 3.05) is 32.8 Å². The summed E-state index contributed by atoms with van der Waals surface area (Å²) in [6.45, 7) is 3.16. The van der Waals surface area contributed by atoms with Crippen molar-refractivity contribution in [1.29, 1.82) is 0 Å². The number of nitrogens with one attached hydrogen (secondary N) is 2. The molecule has 0 saturated carbocycles. The van der Waals surface area contributed by atoms with Crippen LogP contribution in [-0.2, 0) is 24.0 Å². The van der Waals surface area contributed by atoms with E-state index in [1.54, 1.807) is 0 Å². The van der Waals surface area contributed by atoms with Crippen LogP contribution < -0.4 is 10.8 Å². The molecule has 0 aromatic carbocycles. The van der Waals surface area contributed by atoms with Gasteiger partial charge in [0.2, 0.25) is 0 Å². The van der Waals surface area contributed by atoms with Crippen LogP contribution in [0.15, 0.2) is 0 Å². The second-order valence-corrected chi connectivity index (χ2v) is 6.34. The molecule has 10 nitrogen and oxygen atoms in total. The predicted octanol–water partition coefficient (Wildman–Crippen LogP) is -0.841. The number of ether oxygens (including phenoxy) is 1. The molecule has 2 N–H and O–H groups in total. The van der Waals surface area contributed by atoms with Crippen LogP contribution in [0.5, 0.6) is 0 Å². The predicted molar refractivity (Wildman–Crippen MR) is 83.8 cm³/mol. The van der Waals surface area contributed by atoms with E-state index in [2.05, 4.69) is 10.8 Å². The number of hydrogen-bond acceptors (Lipinski definition) is 7. The first-order chi connectivity index (χ1) is 12.2. The minimum absolute atomic E-state index is 0.193. The number of piperidine rings is 2. The lowest BCUT2D eigenvalue weighted by Gasteiger charge is -2.28. The van der Waals surface area contributed by atoms with Crippen LogP contribution in [-0.4, -0.2) is 79.4 Å². The van der Waals surface area contributed by atoms with Crippen LogP contribution >= 0.6 is 0 Å². The zero-order chi connectivity index (χ0) is 17.6. The third-order valence-corrected chi connectivity index (χ3v) is 4.78. The molecule has 3 heterocycles. The first-order valence-corrected chi connectivity index (χ1v) is 8.65. The maximum Gasteiger partial charge on any atom is 0.354 e. The number of rotatable bonds is 8. The number of hydroxylamine groups is 3. The smallest absolute Gasteiger partial charge is 0.354 e. The fraction of sp³-hybridized carbons (Fsp3) is 0.800. The zero-order valence-electron chi connectivity index (χ0n) is 14.0. The van der Waals surface area contributed by atoms with Crippen molar-refractivity contribution in [2.24, 2.45) is 0 Å². The van der Waals surface area contributed by atoms with Crippen molar-refractivity contribution in [3.05, 3.63) is 0 Å². The van der Waals surface area contributed by atoms with Crippen molar-refractivity contribution >= 4 is 18.4 Å². The molecule has 140 valence electrons. The largest absolute Gasteiger partial charge is 0.376 e. The minimum atomic E-state index is -0.616. The van der Waals surface area contributed by atoms with Crippen LogP contribution in [0.1, 0.15) is 25.7 Å². The van der Waals surface area contributed by atoms with Crippen molar-refractivity contribution in [3.63, 3.8) is 0 Å². The van der Waals surface area contributed by atoms with Crippen LogP contribution in [0.2, 0.25) is 0 Å². The Morgan fingerprint density at radius 2 is 2.04 bits per heavy atom. The lowest BCUT2D eigenvalue weighted by Crippen LogP contribution is -2.49. The molecule has 0 aliphatic carbocycles. The Labute approximate surface area is 145 Å². The van der Waals surface area contributed by atoms with E-state index in [4.69, 9.17) is 14.4 Å². The lowest BCUT2D eigenvalue weighted by molar-refractivity contribution is -0.163. The second-order valence-electron chi connectivity index (χ2n) is 6.34. The number of carbonyl (C=O) groups is 3. The third kappa shape index (κ3) is 4.20. The Bertz CT molecular complexity index is 498. The van der Waals surface area contributed by atoms with Gasteiger partial charge in [-0.3, -0.25) is 14.4 Å². The van der Waals surface area contributed by atoms with E-state index in [1.807, 2.05) is 0 Å². The van der Waals surface area contributed by atoms with Gasteiger partial charge in [0.15, 0.2) is 0 Å². The van der Waals surface area contributed by atoms with E-state index in [1.165, 1.54) is 4.90 Å². The van der Waals surface area contributed by atoms with Gasteiger partial charge in [-0.05, 0) is 38.8 Å². The van der Waals surface area contributed by atoms with Gasteiger partial charge in [0, 0.05) is 6.54 Å². The molecule has 2 atom stereocenters. The van der Waals surface area contributed by atoms with Gasteiger partial charge in [-0.25, -0.2) is 10.3 Å². The van der Waals surface area contributed by atoms with Gasteiger partial charge in [0.1, 0.15) is 6.04 Å². The Kier molecular flexibility index (Phi) is 6.05. The van der Waals surface area contributed by atoms with E-state index in [0.29, 0.717) is 26.0 Å². The maximum atomic E-state index is 12.3. The monoisotopic (exact) mass is 356 g/mol. The third-order valence-electron chi connectivity index (χ3n) is 4.78. The van der Waals surface area contributed by atoms with Crippen molar-refractivity contribution in [1.82, 2.24) is 20.8 Å². The molecule has 3 aliphatic rings. The second kappa shape index (κ2) is 8.45. The fourth-order valence-corrected chi connectivity index (χ4v) is 3.50. The summed E-state index contributed by atoms with van der Waals surface area (Å²) in [4.78, 5) is 46.2. The summed E-state index contributed by atoms with van der Waals surface area (Å²) in [5.74, 6) is -0.374. The Balaban J connectivity index is 1.37. The average Bonchev–Trinajstić information content (AvgIpc) is 2.87. The first-order valence-electron chi connectivity index (χ1n) is 8.65. The highest BCUT2D eigenvalue weighted by Crippen LogP contribution is 2.29. The van der Waals surface area contributed by atoms with Gasteiger partial charge in [0.05, 0.1) is 25.4 Å². The molecular formula is C15H24N4O6. The van der Waals surface area contributed by atoms with Crippen molar-refractivity contribution < 1.29 is 28.8 Å². The lowest BCUT2D eigenvalue weighted by atomic mass is 10.0. The Hall–Kier alpha value is -1.91. The molecular weight excluding hydrogens is 332 g/mol. The van der Waals surface area contributed by atoms with Crippen molar-refractivity contribution in [3.8, 4) is 0 Å². The molecule has 3 amide bonds. The highest BCUT2D eigenvalue weighted by molar-refractivity contribution is 5.88. The van der Waals surface area contributed by atoms with Gasteiger partial charge in [-0.2, -0.15) is 0 Å². The van der Waals surface area contributed by atoms with E-state index in [9.17, 15) is 14.4 Å². The minimum Gasteiger partial charge on any atom is -0.376 e. The first kappa shape index (κ1) is 17.9.